The van der Waals surface area contributed by atoms with Crippen LogP contribution >= 0.6 is 0 Å². The highest BCUT2D eigenvalue weighted by Crippen LogP contribution is 2.32. The first-order valence-corrected chi connectivity index (χ1v) is 5.54. The Morgan fingerprint density at radius 2 is 2.18 bits per heavy atom. The van der Waals surface area contributed by atoms with Crippen LogP contribution in [0, 0.1) is 0 Å². The van der Waals surface area contributed by atoms with E-state index in [4.69, 9.17) is 14.6 Å². The van der Waals surface area contributed by atoms with Gasteiger partial charge in [0.1, 0.15) is 0 Å². The van der Waals surface area contributed by atoms with Crippen LogP contribution in [0.3, 0.4) is 0 Å². The minimum Gasteiger partial charge on any atom is -0.478 e. The molecule has 1 aromatic carbocycles. The lowest BCUT2D eigenvalue weighted by atomic mass is 10.1. The topological polar surface area (TPSA) is 55.8 Å². The summed E-state index contributed by atoms with van der Waals surface area (Å²) in [5.41, 5.74) is 1.18. The molecule has 0 aliphatic carbocycles. The summed E-state index contributed by atoms with van der Waals surface area (Å²) in [6.07, 6.45) is 5.44. The van der Waals surface area contributed by atoms with Gasteiger partial charge in [-0.05, 0) is 37.0 Å². The van der Waals surface area contributed by atoms with Crippen LogP contribution in [-0.4, -0.2) is 17.9 Å². The second kappa shape index (κ2) is 5.39. The van der Waals surface area contributed by atoms with Crippen LogP contribution in [0.15, 0.2) is 30.4 Å². The Morgan fingerprint density at radius 1 is 1.35 bits per heavy atom. The first-order chi connectivity index (χ1) is 8.25. The Bertz CT molecular complexity index is 437. The normalized spacial score (nSPS) is 13.2. The van der Waals surface area contributed by atoms with Crippen molar-refractivity contribution in [3.05, 3.63) is 35.9 Å². The molecule has 1 N–H and O–H groups in total. The molecule has 0 aromatic heterocycles. The Balaban J connectivity index is 1.81. The molecule has 0 amide bonds. The standard InChI is InChI=1S/C13H14O4/c14-13(15)5-3-1-2-4-10-6-7-11-12(8-10)17-9-16-11/h3,5-8H,1-2,4,9H2,(H,14,15). The number of aryl methyl sites for hydroxylation is 1. The van der Waals surface area contributed by atoms with Gasteiger partial charge in [-0.15, -0.1) is 0 Å². The van der Waals surface area contributed by atoms with Crippen LogP contribution in [0.1, 0.15) is 18.4 Å². The number of fused-ring (bicyclic) bond motifs is 1. The Morgan fingerprint density at radius 3 is 3.00 bits per heavy atom. The van der Waals surface area contributed by atoms with Crippen molar-refractivity contribution in [2.24, 2.45) is 0 Å². The number of hydrogen-bond acceptors (Lipinski definition) is 3. The van der Waals surface area contributed by atoms with Crippen molar-refractivity contribution < 1.29 is 19.4 Å². The summed E-state index contributed by atoms with van der Waals surface area (Å²) in [5, 5.41) is 8.42. The Kier molecular flexibility index (Phi) is 3.65. The van der Waals surface area contributed by atoms with E-state index in [9.17, 15) is 4.79 Å². The summed E-state index contributed by atoms with van der Waals surface area (Å²) in [6, 6.07) is 5.89. The van der Waals surface area contributed by atoms with E-state index >= 15 is 0 Å². The second-order valence-corrected chi connectivity index (χ2v) is 3.82. The molecule has 4 heteroatoms. The number of carbonyl (C=O) groups is 1. The zero-order chi connectivity index (χ0) is 12.1. The van der Waals surface area contributed by atoms with E-state index < -0.39 is 5.97 Å². The average molecular weight is 234 g/mol. The SMILES string of the molecule is O=C(O)C=CCCCc1ccc2c(c1)OCO2. The molecule has 1 heterocycles. The van der Waals surface area contributed by atoms with Gasteiger partial charge < -0.3 is 14.6 Å². The number of hydrogen-bond donors (Lipinski definition) is 1. The zero-order valence-corrected chi connectivity index (χ0v) is 9.39. The number of aliphatic carboxylic acids is 1. The molecule has 1 aliphatic heterocycles. The van der Waals surface area contributed by atoms with Crippen molar-refractivity contribution in [1.29, 1.82) is 0 Å². The van der Waals surface area contributed by atoms with Gasteiger partial charge in [-0.1, -0.05) is 12.1 Å². The molecular weight excluding hydrogens is 220 g/mol. The van der Waals surface area contributed by atoms with Gasteiger partial charge in [0.25, 0.3) is 0 Å². The number of rotatable bonds is 5. The van der Waals surface area contributed by atoms with Crippen LogP contribution in [0.2, 0.25) is 0 Å². The molecule has 90 valence electrons. The maximum absolute atomic E-state index is 10.2. The Hall–Kier alpha value is -1.97. The molecule has 0 saturated carbocycles. The number of carboxylic acid groups (broad SMARTS) is 1. The fourth-order valence-electron chi connectivity index (χ4n) is 1.70. The highest BCUT2D eigenvalue weighted by molar-refractivity contribution is 5.79. The first kappa shape index (κ1) is 11.5. The van der Waals surface area contributed by atoms with Gasteiger partial charge in [0, 0.05) is 6.08 Å². The number of benzene rings is 1. The summed E-state index contributed by atoms with van der Waals surface area (Å²) in [7, 11) is 0. The molecule has 0 spiro atoms. The van der Waals surface area contributed by atoms with Crippen molar-refractivity contribution in [2.45, 2.75) is 19.3 Å². The summed E-state index contributed by atoms with van der Waals surface area (Å²) >= 11 is 0. The maximum atomic E-state index is 10.2. The van der Waals surface area contributed by atoms with Gasteiger partial charge in [-0.2, -0.15) is 0 Å². The quantitative estimate of drug-likeness (QED) is 0.627. The fraction of sp³-hybridized carbons (Fsp3) is 0.308. The molecular formula is C13H14O4. The van der Waals surface area contributed by atoms with Crippen molar-refractivity contribution in [3.63, 3.8) is 0 Å². The third-order valence-electron chi connectivity index (χ3n) is 2.53. The second-order valence-electron chi connectivity index (χ2n) is 3.82. The van der Waals surface area contributed by atoms with Crippen LogP contribution in [0.4, 0.5) is 0 Å². The third-order valence-corrected chi connectivity index (χ3v) is 2.53. The van der Waals surface area contributed by atoms with Crippen molar-refractivity contribution in [1.82, 2.24) is 0 Å². The van der Waals surface area contributed by atoms with Crippen LogP contribution in [0.5, 0.6) is 11.5 Å². The van der Waals surface area contributed by atoms with E-state index in [-0.39, 0.29) is 0 Å². The minimum absolute atomic E-state index is 0.292. The highest BCUT2D eigenvalue weighted by Gasteiger charge is 2.12. The van der Waals surface area contributed by atoms with Crippen LogP contribution in [0.25, 0.3) is 0 Å². The molecule has 0 bridgehead atoms. The Labute approximate surface area is 99.5 Å². The first-order valence-electron chi connectivity index (χ1n) is 5.54. The minimum atomic E-state index is -0.895. The number of unbranched alkanes of at least 4 members (excludes halogenated alkanes) is 1. The molecule has 0 saturated heterocycles. The van der Waals surface area contributed by atoms with E-state index in [2.05, 4.69) is 0 Å². The third kappa shape index (κ3) is 3.24. The number of carboxylic acids is 1. The van der Waals surface area contributed by atoms with Gasteiger partial charge in [0.05, 0.1) is 0 Å². The molecule has 1 aromatic rings. The van der Waals surface area contributed by atoms with Crippen molar-refractivity contribution >= 4 is 5.97 Å². The highest BCUT2D eigenvalue weighted by atomic mass is 16.7. The molecule has 1 aliphatic rings. The van der Waals surface area contributed by atoms with Crippen molar-refractivity contribution in [2.75, 3.05) is 6.79 Å². The van der Waals surface area contributed by atoms with Gasteiger partial charge in [0.2, 0.25) is 6.79 Å². The van der Waals surface area contributed by atoms with Gasteiger partial charge in [0.15, 0.2) is 11.5 Å². The molecule has 0 unspecified atom stereocenters. The predicted molar refractivity (Wildman–Crippen MR) is 62.3 cm³/mol. The van der Waals surface area contributed by atoms with Gasteiger partial charge in [-0.3, -0.25) is 0 Å². The zero-order valence-electron chi connectivity index (χ0n) is 9.39. The number of allylic oxidation sites excluding steroid dienone is 1. The monoisotopic (exact) mass is 234 g/mol. The lowest BCUT2D eigenvalue weighted by molar-refractivity contribution is -0.131. The largest absolute Gasteiger partial charge is 0.478 e. The average Bonchev–Trinajstić information content (AvgIpc) is 2.75. The van der Waals surface area contributed by atoms with Gasteiger partial charge in [-0.25, -0.2) is 4.79 Å². The summed E-state index contributed by atoms with van der Waals surface area (Å²) in [6.45, 7) is 0.292. The molecule has 0 atom stereocenters. The number of ether oxygens (including phenoxy) is 2. The fourth-order valence-corrected chi connectivity index (χ4v) is 1.70. The smallest absolute Gasteiger partial charge is 0.327 e. The molecule has 0 fully saturated rings. The molecule has 0 radical (unpaired) electrons. The van der Waals surface area contributed by atoms with E-state index in [0.717, 1.165) is 30.8 Å². The maximum Gasteiger partial charge on any atom is 0.327 e. The molecule has 17 heavy (non-hydrogen) atoms. The lowest BCUT2D eigenvalue weighted by Gasteiger charge is -2.01. The van der Waals surface area contributed by atoms with E-state index in [1.807, 2.05) is 18.2 Å². The summed E-state index contributed by atoms with van der Waals surface area (Å²) in [4.78, 5) is 10.2. The molecule has 4 nitrogen and oxygen atoms in total. The summed E-state index contributed by atoms with van der Waals surface area (Å²) in [5.74, 6) is 0.691. The van der Waals surface area contributed by atoms with E-state index in [1.165, 1.54) is 11.6 Å². The summed E-state index contributed by atoms with van der Waals surface area (Å²) < 4.78 is 10.5. The van der Waals surface area contributed by atoms with E-state index in [0.29, 0.717) is 6.79 Å². The van der Waals surface area contributed by atoms with Crippen molar-refractivity contribution in [3.8, 4) is 11.5 Å². The van der Waals surface area contributed by atoms with Gasteiger partial charge >= 0.3 is 5.97 Å². The molecule has 2 rings (SSSR count). The predicted octanol–water partition coefficient (Wildman–Crippen LogP) is 2.38. The lowest BCUT2D eigenvalue weighted by Crippen LogP contribution is -1.93. The van der Waals surface area contributed by atoms with E-state index in [1.54, 1.807) is 6.08 Å². The van der Waals surface area contributed by atoms with Crippen LogP contribution in [-0.2, 0) is 11.2 Å². The van der Waals surface area contributed by atoms with Crippen LogP contribution < -0.4 is 9.47 Å².